The van der Waals surface area contributed by atoms with E-state index in [1.165, 1.54) is 12.1 Å². The molecule has 1 unspecified atom stereocenters. The third-order valence-corrected chi connectivity index (χ3v) is 3.63. The van der Waals surface area contributed by atoms with Crippen LogP contribution in [-0.2, 0) is 10.0 Å². The lowest BCUT2D eigenvalue weighted by Crippen LogP contribution is -2.12. The maximum atomic E-state index is 11.0. The summed E-state index contributed by atoms with van der Waals surface area (Å²) in [5.74, 6) is 0.316. The number of benzene rings is 1. The first-order valence-corrected chi connectivity index (χ1v) is 7.45. The van der Waals surface area contributed by atoms with Crippen molar-refractivity contribution in [1.82, 2.24) is 0 Å². The van der Waals surface area contributed by atoms with Crippen molar-refractivity contribution in [2.45, 2.75) is 24.7 Å². The van der Waals surface area contributed by atoms with Gasteiger partial charge >= 0.3 is 0 Å². The zero-order valence-electron chi connectivity index (χ0n) is 10.5. The van der Waals surface area contributed by atoms with Crippen molar-refractivity contribution >= 4 is 15.7 Å². The molecule has 6 heteroatoms. The highest BCUT2D eigenvalue weighted by molar-refractivity contribution is 7.89. The predicted molar refractivity (Wildman–Crippen MR) is 71.8 cm³/mol. The van der Waals surface area contributed by atoms with Gasteiger partial charge in [-0.3, -0.25) is 0 Å². The van der Waals surface area contributed by atoms with E-state index in [1.807, 2.05) is 6.92 Å². The van der Waals surface area contributed by atoms with Crippen molar-refractivity contribution in [1.29, 1.82) is 0 Å². The number of hydrogen-bond acceptors (Lipinski definition) is 4. The van der Waals surface area contributed by atoms with Gasteiger partial charge in [-0.25, -0.2) is 13.6 Å². The average Bonchev–Trinajstić information content (AvgIpc) is 2.33. The molecule has 0 heterocycles. The van der Waals surface area contributed by atoms with E-state index in [2.05, 4.69) is 5.32 Å². The Balaban J connectivity index is 2.40. The van der Waals surface area contributed by atoms with Crippen LogP contribution in [0.4, 0.5) is 5.69 Å². The second kappa shape index (κ2) is 6.72. The smallest absolute Gasteiger partial charge is 0.238 e. The lowest BCUT2D eigenvalue weighted by atomic mass is 10.1. The summed E-state index contributed by atoms with van der Waals surface area (Å²) in [5, 5.41) is 17.1. The number of nitrogens with one attached hydrogen (secondary N) is 1. The molecule has 1 atom stereocenters. The van der Waals surface area contributed by atoms with Crippen LogP contribution in [-0.4, -0.2) is 26.7 Å². The van der Waals surface area contributed by atoms with Crippen molar-refractivity contribution in [3.8, 4) is 0 Å². The molecule has 0 saturated carbocycles. The second-order valence-corrected chi connectivity index (χ2v) is 5.99. The average molecular weight is 272 g/mol. The van der Waals surface area contributed by atoms with Crippen molar-refractivity contribution < 1.29 is 13.5 Å². The minimum absolute atomic E-state index is 0.113. The van der Waals surface area contributed by atoms with Gasteiger partial charge in [-0.05, 0) is 43.0 Å². The van der Waals surface area contributed by atoms with Crippen LogP contribution in [0.15, 0.2) is 29.2 Å². The zero-order valence-corrected chi connectivity index (χ0v) is 11.3. The first kappa shape index (κ1) is 14.9. The Morgan fingerprint density at radius 3 is 2.44 bits per heavy atom. The fraction of sp³-hybridized carbons (Fsp3) is 0.500. The van der Waals surface area contributed by atoms with E-state index in [1.54, 1.807) is 12.1 Å². The summed E-state index contributed by atoms with van der Waals surface area (Å²) < 4.78 is 22.1. The molecule has 1 rings (SSSR count). The minimum atomic E-state index is -3.61. The van der Waals surface area contributed by atoms with Gasteiger partial charge in [-0.15, -0.1) is 0 Å². The highest BCUT2D eigenvalue weighted by Gasteiger charge is 2.06. The summed E-state index contributed by atoms with van der Waals surface area (Å²) >= 11 is 0. The molecule has 0 aliphatic carbocycles. The number of primary sulfonamides is 1. The highest BCUT2D eigenvalue weighted by Crippen LogP contribution is 2.13. The monoisotopic (exact) mass is 272 g/mol. The maximum Gasteiger partial charge on any atom is 0.238 e. The van der Waals surface area contributed by atoms with Crippen LogP contribution in [0.2, 0.25) is 0 Å². The first-order chi connectivity index (χ1) is 8.43. The quantitative estimate of drug-likeness (QED) is 0.649. The fourth-order valence-corrected chi connectivity index (χ4v) is 2.05. The van der Waals surface area contributed by atoms with Gasteiger partial charge in [0.05, 0.1) is 4.90 Å². The molecule has 4 N–H and O–H groups in total. The summed E-state index contributed by atoms with van der Waals surface area (Å²) in [4.78, 5) is 0.113. The van der Waals surface area contributed by atoms with E-state index in [0.29, 0.717) is 5.92 Å². The zero-order chi connectivity index (χ0) is 13.6. The van der Waals surface area contributed by atoms with Crippen molar-refractivity contribution in [3.05, 3.63) is 24.3 Å². The lowest BCUT2D eigenvalue weighted by Gasteiger charge is -2.09. The van der Waals surface area contributed by atoms with Crippen LogP contribution in [0.3, 0.4) is 0 Å². The van der Waals surface area contributed by atoms with E-state index in [9.17, 15) is 8.42 Å². The first-order valence-electron chi connectivity index (χ1n) is 5.91. The van der Waals surface area contributed by atoms with Crippen molar-refractivity contribution in [2.75, 3.05) is 18.5 Å². The van der Waals surface area contributed by atoms with Crippen molar-refractivity contribution in [2.24, 2.45) is 11.1 Å². The molecule has 0 aliphatic rings. The number of rotatable bonds is 7. The molecule has 0 spiro atoms. The van der Waals surface area contributed by atoms with Crippen LogP contribution in [0.25, 0.3) is 0 Å². The molecular weight excluding hydrogens is 252 g/mol. The normalized spacial score (nSPS) is 13.3. The van der Waals surface area contributed by atoms with Gasteiger partial charge in [-0.2, -0.15) is 0 Å². The molecule has 0 bridgehead atoms. The Kier molecular flexibility index (Phi) is 5.58. The number of aliphatic hydroxyl groups is 1. The summed E-state index contributed by atoms with van der Waals surface area (Å²) in [7, 11) is -3.61. The molecule has 0 radical (unpaired) electrons. The molecule has 0 amide bonds. The molecule has 0 aliphatic heterocycles. The Labute approximate surface area is 108 Å². The van der Waals surface area contributed by atoms with E-state index in [4.69, 9.17) is 10.2 Å². The van der Waals surface area contributed by atoms with Crippen molar-refractivity contribution in [3.63, 3.8) is 0 Å². The number of nitrogens with two attached hydrogens (primary N) is 1. The molecular formula is C12H20N2O3S. The van der Waals surface area contributed by atoms with E-state index in [0.717, 1.165) is 25.1 Å². The standard InChI is InChI=1S/C12H20N2O3S/c1-10(9-15)3-2-8-14-11-4-6-12(7-5-11)18(13,16)17/h4-7,10,14-15H,2-3,8-9H2,1H3,(H2,13,16,17). The van der Waals surface area contributed by atoms with Crippen LogP contribution in [0.5, 0.6) is 0 Å². The Morgan fingerprint density at radius 2 is 1.94 bits per heavy atom. The second-order valence-electron chi connectivity index (χ2n) is 4.43. The molecule has 0 saturated heterocycles. The Morgan fingerprint density at radius 1 is 1.33 bits per heavy atom. The maximum absolute atomic E-state index is 11.0. The Bertz CT molecular complexity index is 457. The van der Waals surface area contributed by atoms with Crippen LogP contribution in [0.1, 0.15) is 19.8 Å². The van der Waals surface area contributed by atoms with E-state index >= 15 is 0 Å². The summed E-state index contributed by atoms with van der Waals surface area (Å²) in [6, 6.07) is 6.34. The largest absolute Gasteiger partial charge is 0.396 e. The molecule has 0 aromatic heterocycles. The molecule has 1 aromatic carbocycles. The molecule has 0 fully saturated rings. The summed E-state index contributed by atoms with van der Waals surface area (Å²) in [5.41, 5.74) is 0.860. The predicted octanol–water partition coefficient (Wildman–Crippen LogP) is 1.15. The number of aliphatic hydroxyl groups excluding tert-OH is 1. The van der Waals surface area contributed by atoms with Gasteiger partial charge in [0.25, 0.3) is 0 Å². The molecule has 1 aromatic rings. The van der Waals surface area contributed by atoms with Gasteiger partial charge in [0.2, 0.25) is 10.0 Å². The van der Waals surface area contributed by atoms with Gasteiger partial charge in [0, 0.05) is 18.8 Å². The SMILES string of the molecule is CC(CO)CCCNc1ccc(S(N)(=O)=O)cc1. The third-order valence-electron chi connectivity index (χ3n) is 2.70. The van der Waals surface area contributed by atoms with E-state index in [-0.39, 0.29) is 11.5 Å². The number of sulfonamides is 1. The lowest BCUT2D eigenvalue weighted by molar-refractivity contribution is 0.229. The fourth-order valence-electron chi connectivity index (χ4n) is 1.54. The topological polar surface area (TPSA) is 92.4 Å². The van der Waals surface area contributed by atoms with Crippen LogP contribution < -0.4 is 10.5 Å². The number of hydrogen-bond donors (Lipinski definition) is 3. The highest BCUT2D eigenvalue weighted by atomic mass is 32.2. The van der Waals surface area contributed by atoms with E-state index < -0.39 is 10.0 Å². The van der Waals surface area contributed by atoms with Gasteiger partial charge < -0.3 is 10.4 Å². The molecule has 5 nitrogen and oxygen atoms in total. The third kappa shape index (κ3) is 5.03. The van der Waals surface area contributed by atoms with Crippen LogP contribution in [0, 0.1) is 5.92 Å². The molecule has 18 heavy (non-hydrogen) atoms. The van der Waals surface area contributed by atoms with Gasteiger partial charge in [0.1, 0.15) is 0 Å². The van der Waals surface area contributed by atoms with Crippen LogP contribution >= 0.6 is 0 Å². The summed E-state index contributed by atoms with van der Waals surface area (Å²) in [6.45, 7) is 3.00. The van der Waals surface area contributed by atoms with Gasteiger partial charge in [-0.1, -0.05) is 6.92 Å². The van der Waals surface area contributed by atoms with Gasteiger partial charge in [0.15, 0.2) is 0 Å². The summed E-state index contributed by atoms with van der Waals surface area (Å²) in [6.07, 6.45) is 1.91. The number of anilines is 1. The minimum Gasteiger partial charge on any atom is -0.396 e. The Hall–Kier alpha value is -1.11. The molecule has 102 valence electrons.